The lowest BCUT2D eigenvalue weighted by molar-refractivity contribution is 0.564. The first kappa shape index (κ1) is 19.9. The summed E-state index contributed by atoms with van der Waals surface area (Å²) in [6.07, 6.45) is 4.62. The summed E-state index contributed by atoms with van der Waals surface area (Å²) in [5.74, 6) is 0.621. The molecule has 0 saturated carbocycles. The highest BCUT2D eigenvalue weighted by Crippen LogP contribution is 2.36. The average molecular weight is 460 g/mol. The van der Waals surface area contributed by atoms with Crippen molar-refractivity contribution in [2.24, 2.45) is 0 Å². The van der Waals surface area contributed by atoms with E-state index in [0.29, 0.717) is 27.5 Å². The number of anilines is 1. The Kier molecular flexibility index (Phi) is 4.62. The van der Waals surface area contributed by atoms with Crippen molar-refractivity contribution in [2.75, 3.05) is 11.9 Å². The maximum Gasteiger partial charge on any atom is 0.132 e. The van der Waals surface area contributed by atoms with Crippen molar-refractivity contribution in [1.82, 2.24) is 29.9 Å². The number of aromatic amines is 1. The molecule has 164 valence electrons. The number of pyridine rings is 2. The van der Waals surface area contributed by atoms with Crippen LogP contribution in [0.5, 0.6) is 0 Å². The lowest BCUT2D eigenvalue weighted by Gasteiger charge is -2.17. The molecule has 5 aromatic rings. The summed E-state index contributed by atoms with van der Waals surface area (Å²) in [6.45, 7) is 3.83. The Morgan fingerprint density at radius 2 is 2.00 bits per heavy atom. The molecular weight excluding hydrogens is 441 g/mol. The first-order chi connectivity index (χ1) is 16.1. The minimum absolute atomic E-state index is 0.320. The molecule has 0 unspecified atom stereocenters. The minimum Gasteiger partial charge on any atom is -0.370 e. The third-order valence-corrected chi connectivity index (χ3v) is 6.13. The molecule has 6 rings (SSSR count). The maximum absolute atomic E-state index is 14.5. The quantitative estimate of drug-likeness (QED) is 0.374. The van der Waals surface area contributed by atoms with E-state index >= 15 is 0 Å². The zero-order chi connectivity index (χ0) is 22.5. The molecular formula is C24H19ClFN7. The average Bonchev–Trinajstić information content (AvgIpc) is 3.44. The van der Waals surface area contributed by atoms with Crippen LogP contribution in [-0.4, -0.2) is 36.5 Å². The summed E-state index contributed by atoms with van der Waals surface area (Å²) in [5, 5.41) is 15.7. The Morgan fingerprint density at radius 1 is 1.09 bits per heavy atom. The Hall–Kier alpha value is -3.78. The fourth-order valence-corrected chi connectivity index (χ4v) is 4.54. The van der Waals surface area contributed by atoms with Crippen molar-refractivity contribution in [1.29, 1.82) is 0 Å². The van der Waals surface area contributed by atoms with Crippen molar-refractivity contribution in [3.8, 4) is 33.6 Å². The standard InChI is InChI=1S/C24H19ClFN7/c1-13-22(24-27-7-2-8-33(24)32-13)14-9-21-20(28-11-14)6-5-19(30-21)17-12-29-31-23(17)16-10-15(25)3-4-18(16)26/h3-6,9-12,27H,2,7-8H2,1H3,(H,29,31). The Morgan fingerprint density at radius 3 is 2.91 bits per heavy atom. The molecule has 4 aromatic heterocycles. The van der Waals surface area contributed by atoms with Crippen LogP contribution in [0.4, 0.5) is 10.2 Å². The molecule has 7 nitrogen and oxygen atoms in total. The second-order valence-electron chi connectivity index (χ2n) is 8.04. The number of hydrogen-bond donors (Lipinski definition) is 2. The van der Waals surface area contributed by atoms with Gasteiger partial charge in [-0.05, 0) is 49.7 Å². The molecule has 0 amide bonds. The van der Waals surface area contributed by atoms with Crippen LogP contribution in [0.15, 0.2) is 48.8 Å². The predicted octanol–water partition coefficient (Wildman–Crippen LogP) is 5.47. The summed E-state index contributed by atoms with van der Waals surface area (Å²) in [5.41, 5.74) is 6.57. The van der Waals surface area contributed by atoms with Crippen LogP contribution in [0, 0.1) is 12.7 Å². The molecule has 0 atom stereocenters. The summed E-state index contributed by atoms with van der Waals surface area (Å²) >= 11 is 6.10. The van der Waals surface area contributed by atoms with Crippen molar-refractivity contribution < 1.29 is 4.39 Å². The molecule has 9 heteroatoms. The normalized spacial score (nSPS) is 13.2. The van der Waals surface area contributed by atoms with Crippen LogP contribution in [0.25, 0.3) is 44.7 Å². The highest BCUT2D eigenvalue weighted by Gasteiger charge is 2.21. The highest BCUT2D eigenvalue weighted by molar-refractivity contribution is 6.30. The van der Waals surface area contributed by atoms with Gasteiger partial charge in [0.05, 0.1) is 22.4 Å². The van der Waals surface area contributed by atoms with E-state index in [9.17, 15) is 4.39 Å². The van der Waals surface area contributed by atoms with E-state index in [-0.39, 0.29) is 0 Å². The third kappa shape index (κ3) is 3.34. The van der Waals surface area contributed by atoms with Gasteiger partial charge in [0.2, 0.25) is 0 Å². The summed E-state index contributed by atoms with van der Waals surface area (Å²) in [6, 6.07) is 10.2. The summed E-state index contributed by atoms with van der Waals surface area (Å²) in [4.78, 5) is 9.47. The second kappa shape index (κ2) is 7.67. The summed E-state index contributed by atoms with van der Waals surface area (Å²) < 4.78 is 16.5. The zero-order valence-corrected chi connectivity index (χ0v) is 18.5. The number of aromatic nitrogens is 6. The minimum atomic E-state index is -0.397. The predicted molar refractivity (Wildman–Crippen MR) is 127 cm³/mol. The molecule has 33 heavy (non-hydrogen) atoms. The van der Waals surface area contributed by atoms with Gasteiger partial charge in [-0.15, -0.1) is 0 Å². The van der Waals surface area contributed by atoms with Gasteiger partial charge in [0, 0.05) is 52.8 Å². The maximum atomic E-state index is 14.5. The monoisotopic (exact) mass is 459 g/mol. The van der Waals surface area contributed by atoms with Gasteiger partial charge in [-0.2, -0.15) is 10.2 Å². The molecule has 0 radical (unpaired) electrons. The fraction of sp³-hybridized carbons (Fsp3) is 0.167. The number of aryl methyl sites for hydroxylation is 2. The van der Waals surface area contributed by atoms with E-state index in [1.165, 1.54) is 12.1 Å². The van der Waals surface area contributed by atoms with Crippen LogP contribution in [0.1, 0.15) is 12.1 Å². The van der Waals surface area contributed by atoms with Gasteiger partial charge >= 0.3 is 0 Å². The van der Waals surface area contributed by atoms with Crippen LogP contribution < -0.4 is 5.32 Å². The van der Waals surface area contributed by atoms with E-state index < -0.39 is 5.82 Å². The van der Waals surface area contributed by atoms with Crippen molar-refractivity contribution in [2.45, 2.75) is 19.9 Å². The Balaban J connectivity index is 1.47. The van der Waals surface area contributed by atoms with E-state index in [1.807, 2.05) is 36.0 Å². The van der Waals surface area contributed by atoms with Crippen LogP contribution in [-0.2, 0) is 6.54 Å². The zero-order valence-electron chi connectivity index (χ0n) is 17.7. The molecule has 0 bridgehead atoms. The van der Waals surface area contributed by atoms with Crippen molar-refractivity contribution in [3.05, 3.63) is 65.3 Å². The van der Waals surface area contributed by atoms with Gasteiger partial charge in [-0.3, -0.25) is 10.1 Å². The number of H-pyrrole nitrogens is 1. The molecule has 0 fully saturated rings. The number of halogens is 2. The van der Waals surface area contributed by atoms with Crippen LogP contribution >= 0.6 is 11.6 Å². The second-order valence-corrected chi connectivity index (χ2v) is 8.48. The fourth-order valence-electron chi connectivity index (χ4n) is 4.37. The Labute approximate surface area is 193 Å². The number of hydrogen-bond acceptors (Lipinski definition) is 5. The Bertz CT molecular complexity index is 1520. The van der Waals surface area contributed by atoms with Gasteiger partial charge in [-0.1, -0.05) is 11.6 Å². The molecule has 0 aliphatic carbocycles. The molecule has 1 aromatic carbocycles. The number of benzene rings is 1. The van der Waals surface area contributed by atoms with Crippen LogP contribution in [0.2, 0.25) is 5.02 Å². The lowest BCUT2D eigenvalue weighted by Crippen LogP contribution is -2.17. The van der Waals surface area contributed by atoms with Gasteiger partial charge in [0.15, 0.2) is 0 Å². The number of nitrogens with zero attached hydrogens (tertiary/aromatic N) is 5. The van der Waals surface area contributed by atoms with E-state index in [2.05, 4.69) is 25.6 Å². The molecule has 2 N–H and O–H groups in total. The number of rotatable bonds is 3. The SMILES string of the molecule is Cc1nn2c(c1-c1cnc3ccc(-c4c[nH]nc4-c4cc(Cl)ccc4F)nc3c1)NCCC2. The highest BCUT2D eigenvalue weighted by atomic mass is 35.5. The van der Waals surface area contributed by atoms with Gasteiger partial charge in [0.25, 0.3) is 0 Å². The summed E-state index contributed by atoms with van der Waals surface area (Å²) in [7, 11) is 0. The largest absolute Gasteiger partial charge is 0.370 e. The van der Waals surface area contributed by atoms with Crippen molar-refractivity contribution >= 4 is 28.5 Å². The van der Waals surface area contributed by atoms with Gasteiger partial charge in [0.1, 0.15) is 17.3 Å². The number of nitrogens with one attached hydrogen (secondary N) is 2. The molecule has 1 aliphatic heterocycles. The molecule has 1 aliphatic rings. The first-order valence-electron chi connectivity index (χ1n) is 10.7. The van der Waals surface area contributed by atoms with E-state index in [0.717, 1.165) is 53.2 Å². The molecule has 5 heterocycles. The van der Waals surface area contributed by atoms with Crippen LogP contribution in [0.3, 0.4) is 0 Å². The van der Waals surface area contributed by atoms with Crippen molar-refractivity contribution in [3.63, 3.8) is 0 Å². The smallest absolute Gasteiger partial charge is 0.132 e. The van der Waals surface area contributed by atoms with Gasteiger partial charge < -0.3 is 5.32 Å². The topological polar surface area (TPSA) is 84.3 Å². The molecule has 0 spiro atoms. The third-order valence-electron chi connectivity index (χ3n) is 5.89. The first-order valence-corrected chi connectivity index (χ1v) is 11.0. The molecule has 0 saturated heterocycles. The lowest BCUT2D eigenvalue weighted by atomic mass is 10.0. The van der Waals surface area contributed by atoms with Gasteiger partial charge in [-0.25, -0.2) is 14.1 Å². The van der Waals surface area contributed by atoms with E-state index in [4.69, 9.17) is 16.6 Å². The number of fused-ring (bicyclic) bond motifs is 2. The van der Waals surface area contributed by atoms with E-state index in [1.54, 1.807) is 12.3 Å².